The first-order valence-electron chi connectivity index (χ1n) is 7.77. The molecule has 140 valence electrons. The van der Waals surface area contributed by atoms with Crippen molar-refractivity contribution < 1.29 is 14.4 Å². The SMILES string of the molecule is Nc1c(C(=O)c2ccc(Cl)cc2Cl)sc2nc(/C=C3\SC(=O)NC3=O)ccc12. The lowest BCUT2D eigenvalue weighted by Gasteiger charge is -2.03. The summed E-state index contributed by atoms with van der Waals surface area (Å²) < 4.78 is 0. The number of fused-ring (bicyclic) bond motifs is 1. The van der Waals surface area contributed by atoms with E-state index in [1.807, 2.05) is 0 Å². The van der Waals surface area contributed by atoms with E-state index < -0.39 is 11.1 Å². The Kier molecular flexibility index (Phi) is 4.88. The number of carbonyl (C=O) groups excluding carboxylic acids is 3. The molecule has 3 heterocycles. The first-order valence-corrected chi connectivity index (χ1v) is 10.2. The second-order valence-electron chi connectivity index (χ2n) is 5.74. The van der Waals surface area contributed by atoms with Crippen LogP contribution in [0.2, 0.25) is 10.0 Å². The summed E-state index contributed by atoms with van der Waals surface area (Å²) in [6.07, 6.45) is 1.51. The number of halogens is 2. The van der Waals surface area contributed by atoms with Crippen molar-refractivity contribution in [2.45, 2.75) is 0 Å². The van der Waals surface area contributed by atoms with Crippen LogP contribution in [0.5, 0.6) is 0 Å². The number of amides is 2. The fourth-order valence-electron chi connectivity index (χ4n) is 2.61. The molecule has 0 radical (unpaired) electrons. The van der Waals surface area contributed by atoms with Gasteiger partial charge in [-0.05, 0) is 48.2 Å². The highest BCUT2D eigenvalue weighted by Gasteiger charge is 2.25. The van der Waals surface area contributed by atoms with Crippen LogP contribution >= 0.6 is 46.3 Å². The molecule has 1 aromatic carbocycles. The quantitative estimate of drug-likeness (QED) is 0.442. The number of hydrogen-bond donors (Lipinski definition) is 2. The van der Waals surface area contributed by atoms with Gasteiger partial charge in [-0.1, -0.05) is 23.2 Å². The van der Waals surface area contributed by atoms with E-state index in [0.29, 0.717) is 37.1 Å². The van der Waals surface area contributed by atoms with Gasteiger partial charge in [0.25, 0.3) is 11.1 Å². The number of ketones is 1. The maximum atomic E-state index is 12.9. The number of thiophene rings is 1. The molecule has 1 saturated heterocycles. The molecule has 0 saturated carbocycles. The van der Waals surface area contributed by atoms with Crippen molar-refractivity contribution in [3.63, 3.8) is 0 Å². The first kappa shape index (κ1) is 18.9. The van der Waals surface area contributed by atoms with Gasteiger partial charge in [-0.25, -0.2) is 4.98 Å². The molecule has 0 aliphatic carbocycles. The van der Waals surface area contributed by atoms with Crippen molar-refractivity contribution >= 4 is 85.2 Å². The number of thioether (sulfide) groups is 1. The predicted octanol–water partition coefficient (Wildman–Crippen LogP) is 4.74. The van der Waals surface area contributed by atoms with E-state index >= 15 is 0 Å². The molecule has 3 N–H and O–H groups in total. The Morgan fingerprint density at radius 2 is 1.96 bits per heavy atom. The van der Waals surface area contributed by atoms with E-state index in [-0.39, 0.29) is 15.7 Å². The molecule has 1 aliphatic heterocycles. The van der Waals surface area contributed by atoms with E-state index in [4.69, 9.17) is 28.9 Å². The van der Waals surface area contributed by atoms with Crippen LogP contribution in [0.4, 0.5) is 10.5 Å². The van der Waals surface area contributed by atoms with Crippen LogP contribution in [-0.2, 0) is 4.79 Å². The molecule has 1 aliphatic rings. The van der Waals surface area contributed by atoms with Crippen LogP contribution in [0.3, 0.4) is 0 Å². The minimum absolute atomic E-state index is 0.238. The average molecular weight is 450 g/mol. The predicted molar refractivity (Wildman–Crippen MR) is 113 cm³/mol. The zero-order valence-corrected chi connectivity index (χ0v) is 16.9. The van der Waals surface area contributed by atoms with Gasteiger partial charge in [0.2, 0.25) is 5.78 Å². The van der Waals surface area contributed by atoms with Gasteiger partial charge in [0.05, 0.1) is 21.3 Å². The van der Waals surface area contributed by atoms with Crippen molar-refractivity contribution in [3.8, 4) is 0 Å². The maximum Gasteiger partial charge on any atom is 0.290 e. The fraction of sp³-hybridized carbons (Fsp3) is 0. The molecule has 3 aromatic rings. The highest BCUT2D eigenvalue weighted by Crippen LogP contribution is 2.36. The van der Waals surface area contributed by atoms with Gasteiger partial charge >= 0.3 is 0 Å². The molecule has 0 spiro atoms. The van der Waals surface area contributed by atoms with Crippen molar-refractivity contribution in [1.82, 2.24) is 10.3 Å². The number of hydrogen-bond acceptors (Lipinski definition) is 7. The van der Waals surface area contributed by atoms with Gasteiger partial charge < -0.3 is 5.73 Å². The lowest BCUT2D eigenvalue weighted by Crippen LogP contribution is -2.17. The summed E-state index contributed by atoms with van der Waals surface area (Å²) in [5.74, 6) is -0.783. The number of nitrogens with two attached hydrogens (primary N) is 1. The van der Waals surface area contributed by atoms with Crippen LogP contribution in [0, 0.1) is 0 Å². The van der Waals surface area contributed by atoms with Gasteiger partial charge in [-0.3, -0.25) is 19.7 Å². The Morgan fingerprint density at radius 3 is 2.64 bits per heavy atom. The Hall–Kier alpha value is -2.39. The summed E-state index contributed by atoms with van der Waals surface area (Å²) in [5, 5.41) is 3.05. The largest absolute Gasteiger partial charge is 0.397 e. The number of nitrogens with one attached hydrogen (secondary N) is 1. The monoisotopic (exact) mass is 449 g/mol. The number of aromatic nitrogens is 1. The molecule has 0 bridgehead atoms. The minimum Gasteiger partial charge on any atom is -0.397 e. The molecule has 2 amide bonds. The lowest BCUT2D eigenvalue weighted by molar-refractivity contribution is -0.115. The Bertz CT molecular complexity index is 1220. The summed E-state index contributed by atoms with van der Waals surface area (Å²) in [7, 11) is 0. The number of carbonyl (C=O) groups is 3. The number of pyridine rings is 1. The van der Waals surface area contributed by atoms with Gasteiger partial charge in [0.1, 0.15) is 9.71 Å². The number of rotatable bonds is 3. The van der Waals surface area contributed by atoms with Crippen LogP contribution in [0.25, 0.3) is 16.3 Å². The summed E-state index contributed by atoms with van der Waals surface area (Å²) in [5.41, 5.74) is 7.25. The van der Waals surface area contributed by atoms with Crippen molar-refractivity contribution in [3.05, 3.63) is 61.4 Å². The zero-order valence-electron chi connectivity index (χ0n) is 13.8. The molecule has 0 atom stereocenters. The third-order valence-corrected chi connectivity index (χ3v) is 6.39. The average Bonchev–Trinajstić information content (AvgIpc) is 3.13. The second-order valence-corrected chi connectivity index (χ2v) is 8.60. The Labute approximate surface area is 176 Å². The van der Waals surface area contributed by atoms with Gasteiger partial charge in [0.15, 0.2) is 0 Å². The normalized spacial score (nSPS) is 15.4. The van der Waals surface area contributed by atoms with Crippen molar-refractivity contribution in [2.75, 3.05) is 5.73 Å². The summed E-state index contributed by atoms with van der Waals surface area (Å²) >= 11 is 14.0. The van der Waals surface area contributed by atoms with E-state index in [1.54, 1.807) is 24.3 Å². The van der Waals surface area contributed by atoms with Crippen LogP contribution in [0.15, 0.2) is 35.2 Å². The Balaban J connectivity index is 1.74. The van der Waals surface area contributed by atoms with Crippen LogP contribution < -0.4 is 11.1 Å². The van der Waals surface area contributed by atoms with Crippen molar-refractivity contribution in [2.24, 2.45) is 0 Å². The fourth-order valence-corrected chi connectivity index (χ4v) is 4.83. The van der Waals surface area contributed by atoms with E-state index in [9.17, 15) is 14.4 Å². The smallest absolute Gasteiger partial charge is 0.290 e. The Morgan fingerprint density at radius 1 is 1.18 bits per heavy atom. The number of benzene rings is 1. The molecule has 28 heavy (non-hydrogen) atoms. The molecule has 0 unspecified atom stereocenters. The summed E-state index contributed by atoms with van der Waals surface area (Å²) in [4.78, 5) is 41.4. The first-order chi connectivity index (χ1) is 13.3. The summed E-state index contributed by atoms with van der Waals surface area (Å²) in [6, 6.07) is 8.01. The standard InChI is InChI=1S/C18H9Cl2N3O3S2/c19-7-1-3-9(11(20)5-7)14(24)15-13(21)10-4-2-8(22-17(10)28-15)6-12-16(25)23-18(26)27-12/h1-6H,21H2,(H,23,25,26)/b12-6-. The molecular formula is C18H9Cl2N3O3S2. The molecule has 2 aromatic heterocycles. The maximum absolute atomic E-state index is 12.9. The molecular weight excluding hydrogens is 441 g/mol. The van der Waals surface area contributed by atoms with Gasteiger partial charge in [0, 0.05) is 16.0 Å². The zero-order chi connectivity index (χ0) is 20.0. The van der Waals surface area contributed by atoms with E-state index in [1.165, 1.54) is 12.1 Å². The highest BCUT2D eigenvalue weighted by molar-refractivity contribution is 8.18. The molecule has 1 fully saturated rings. The molecule has 4 rings (SSSR count). The number of anilines is 1. The van der Waals surface area contributed by atoms with Crippen LogP contribution in [-0.4, -0.2) is 21.9 Å². The number of nitrogens with zero attached hydrogens (tertiary/aromatic N) is 1. The van der Waals surface area contributed by atoms with E-state index in [0.717, 1.165) is 23.1 Å². The third kappa shape index (κ3) is 3.40. The topological polar surface area (TPSA) is 102 Å². The van der Waals surface area contributed by atoms with Crippen molar-refractivity contribution in [1.29, 1.82) is 0 Å². The van der Waals surface area contributed by atoms with Gasteiger partial charge in [-0.2, -0.15) is 0 Å². The lowest BCUT2D eigenvalue weighted by atomic mass is 10.1. The summed E-state index contributed by atoms with van der Waals surface area (Å²) in [6.45, 7) is 0. The van der Waals surface area contributed by atoms with Gasteiger partial charge in [-0.15, -0.1) is 11.3 Å². The molecule has 10 heteroatoms. The number of imide groups is 1. The third-order valence-electron chi connectivity index (χ3n) is 3.92. The number of nitrogen functional groups attached to an aromatic ring is 1. The minimum atomic E-state index is -0.462. The van der Waals surface area contributed by atoms with Crippen LogP contribution in [0.1, 0.15) is 20.9 Å². The van der Waals surface area contributed by atoms with E-state index in [2.05, 4.69) is 10.3 Å². The second kappa shape index (κ2) is 7.21. The molecule has 6 nitrogen and oxygen atoms in total. The highest BCUT2D eigenvalue weighted by atomic mass is 35.5.